The van der Waals surface area contributed by atoms with E-state index < -0.39 is 0 Å². The molecule has 0 spiro atoms. The summed E-state index contributed by atoms with van der Waals surface area (Å²) in [6.45, 7) is 1.92. The van der Waals surface area contributed by atoms with Crippen molar-refractivity contribution in [2.75, 3.05) is 5.32 Å². The molecule has 1 N–H and O–H groups in total. The first kappa shape index (κ1) is 10.5. The number of rotatable bonds is 2. The van der Waals surface area contributed by atoms with Gasteiger partial charge in [-0.05, 0) is 19.8 Å². The van der Waals surface area contributed by atoms with E-state index in [1.807, 2.05) is 6.92 Å². The van der Waals surface area contributed by atoms with Crippen molar-refractivity contribution in [3.05, 3.63) is 12.0 Å². The summed E-state index contributed by atoms with van der Waals surface area (Å²) in [7, 11) is 0. The van der Waals surface area contributed by atoms with E-state index >= 15 is 0 Å². The Morgan fingerprint density at radius 1 is 1.24 bits per heavy atom. The highest BCUT2D eigenvalue weighted by atomic mass is 16.5. The molecule has 0 unspecified atom stereocenters. The minimum atomic E-state index is 0.524. The molecule has 17 heavy (non-hydrogen) atoms. The molecule has 90 valence electrons. The van der Waals surface area contributed by atoms with Crippen LogP contribution in [0.25, 0.3) is 11.1 Å². The average Bonchev–Trinajstić information content (AvgIpc) is 2.74. The molecule has 0 radical (unpaired) electrons. The number of nitrogens with one attached hydrogen (secondary N) is 1. The third-order valence-corrected chi connectivity index (χ3v) is 3.39. The largest absolute Gasteiger partial charge is 0.367 e. The van der Waals surface area contributed by atoms with Crippen LogP contribution in [-0.2, 0) is 0 Å². The standard InChI is InChI=1S/C12H16N4O/c1-8-10-11(13-7-14-12(10)17-16-8)15-9-5-3-2-4-6-9/h7,9H,2-6H2,1H3,(H,13,14,15). The Kier molecular flexibility index (Phi) is 2.66. The zero-order chi connectivity index (χ0) is 11.7. The van der Waals surface area contributed by atoms with Crippen molar-refractivity contribution in [1.82, 2.24) is 15.1 Å². The van der Waals surface area contributed by atoms with Crippen LogP contribution >= 0.6 is 0 Å². The first-order chi connectivity index (χ1) is 8.34. The van der Waals surface area contributed by atoms with Gasteiger partial charge in [-0.3, -0.25) is 0 Å². The molecule has 0 amide bonds. The number of nitrogens with zero attached hydrogens (tertiary/aromatic N) is 3. The molecule has 5 nitrogen and oxygen atoms in total. The average molecular weight is 232 g/mol. The maximum atomic E-state index is 5.14. The Labute approximate surface area is 99.6 Å². The zero-order valence-corrected chi connectivity index (χ0v) is 9.94. The quantitative estimate of drug-likeness (QED) is 0.862. The van der Waals surface area contributed by atoms with Gasteiger partial charge < -0.3 is 9.84 Å². The molecule has 1 aliphatic rings. The predicted octanol–water partition coefficient (Wildman–Crippen LogP) is 2.67. The second kappa shape index (κ2) is 4.31. The molecule has 0 aliphatic heterocycles. The van der Waals surface area contributed by atoms with Gasteiger partial charge in [0.1, 0.15) is 17.5 Å². The number of aromatic nitrogens is 3. The van der Waals surface area contributed by atoms with Crippen molar-refractivity contribution < 1.29 is 4.52 Å². The summed E-state index contributed by atoms with van der Waals surface area (Å²) in [6.07, 6.45) is 7.91. The summed E-state index contributed by atoms with van der Waals surface area (Å²) in [4.78, 5) is 8.39. The lowest BCUT2D eigenvalue weighted by Gasteiger charge is -2.23. The Hall–Kier alpha value is -1.65. The van der Waals surface area contributed by atoms with Gasteiger partial charge in [0.25, 0.3) is 5.71 Å². The van der Waals surface area contributed by atoms with Crippen LogP contribution in [0.5, 0.6) is 0 Å². The van der Waals surface area contributed by atoms with Gasteiger partial charge in [0.05, 0.1) is 5.69 Å². The van der Waals surface area contributed by atoms with Crippen molar-refractivity contribution in [3.8, 4) is 0 Å². The van der Waals surface area contributed by atoms with Gasteiger partial charge in [-0.25, -0.2) is 4.98 Å². The Morgan fingerprint density at radius 2 is 2.06 bits per heavy atom. The van der Waals surface area contributed by atoms with Crippen LogP contribution < -0.4 is 5.32 Å². The van der Waals surface area contributed by atoms with Crippen LogP contribution in [0.1, 0.15) is 37.8 Å². The van der Waals surface area contributed by atoms with E-state index in [2.05, 4.69) is 20.4 Å². The summed E-state index contributed by atoms with van der Waals surface area (Å²) in [5, 5.41) is 8.35. The van der Waals surface area contributed by atoms with E-state index in [1.165, 1.54) is 38.4 Å². The lowest BCUT2D eigenvalue weighted by Crippen LogP contribution is -2.23. The number of hydrogen-bond donors (Lipinski definition) is 1. The van der Waals surface area contributed by atoms with Gasteiger partial charge in [0, 0.05) is 6.04 Å². The lowest BCUT2D eigenvalue weighted by molar-refractivity contribution is 0.442. The minimum absolute atomic E-state index is 0.524. The van der Waals surface area contributed by atoms with E-state index in [4.69, 9.17) is 4.52 Å². The van der Waals surface area contributed by atoms with Gasteiger partial charge in [-0.2, -0.15) is 4.98 Å². The molecule has 3 rings (SSSR count). The second-order valence-corrected chi connectivity index (χ2v) is 4.65. The number of anilines is 1. The fourth-order valence-electron chi connectivity index (χ4n) is 2.47. The first-order valence-electron chi connectivity index (χ1n) is 6.18. The number of hydrogen-bond acceptors (Lipinski definition) is 5. The van der Waals surface area contributed by atoms with Crippen molar-refractivity contribution in [3.63, 3.8) is 0 Å². The van der Waals surface area contributed by atoms with Crippen molar-refractivity contribution in [2.45, 2.75) is 45.1 Å². The van der Waals surface area contributed by atoms with Gasteiger partial charge in [-0.1, -0.05) is 24.4 Å². The molecule has 1 fully saturated rings. The third-order valence-electron chi connectivity index (χ3n) is 3.39. The summed E-state index contributed by atoms with van der Waals surface area (Å²) in [6, 6.07) is 0.524. The molecule has 0 saturated heterocycles. The SMILES string of the molecule is Cc1noc2ncnc(NC3CCCCC3)c12. The normalized spacial score (nSPS) is 17.5. The number of aryl methyl sites for hydroxylation is 1. The van der Waals surface area contributed by atoms with Crippen LogP contribution in [0.2, 0.25) is 0 Å². The number of fused-ring (bicyclic) bond motifs is 1. The van der Waals surface area contributed by atoms with Gasteiger partial charge in [0.15, 0.2) is 0 Å². The van der Waals surface area contributed by atoms with Gasteiger partial charge in [-0.15, -0.1) is 0 Å². The van der Waals surface area contributed by atoms with E-state index in [0.717, 1.165) is 16.9 Å². The van der Waals surface area contributed by atoms with E-state index in [-0.39, 0.29) is 0 Å². The molecule has 5 heteroatoms. The molecule has 2 heterocycles. The van der Waals surface area contributed by atoms with Crippen molar-refractivity contribution in [2.24, 2.45) is 0 Å². The highest BCUT2D eigenvalue weighted by Gasteiger charge is 2.17. The Balaban J connectivity index is 1.91. The monoisotopic (exact) mass is 232 g/mol. The van der Waals surface area contributed by atoms with Crippen molar-refractivity contribution in [1.29, 1.82) is 0 Å². The predicted molar refractivity (Wildman–Crippen MR) is 64.8 cm³/mol. The summed E-state index contributed by atoms with van der Waals surface area (Å²) in [5.41, 5.74) is 1.41. The summed E-state index contributed by atoms with van der Waals surface area (Å²) >= 11 is 0. The molecule has 2 aromatic heterocycles. The van der Waals surface area contributed by atoms with Crippen LogP contribution in [0.15, 0.2) is 10.9 Å². The fraction of sp³-hybridized carbons (Fsp3) is 0.583. The van der Waals surface area contributed by atoms with E-state index in [9.17, 15) is 0 Å². The van der Waals surface area contributed by atoms with Crippen LogP contribution in [0, 0.1) is 6.92 Å². The van der Waals surface area contributed by atoms with Gasteiger partial charge in [0.2, 0.25) is 0 Å². The fourth-order valence-corrected chi connectivity index (χ4v) is 2.47. The first-order valence-corrected chi connectivity index (χ1v) is 6.18. The van der Waals surface area contributed by atoms with E-state index in [1.54, 1.807) is 0 Å². The topological polar surface area (TPSA) is 63.8 Å². The highest BCUT2D eigenvalue weighted by molar-refractivity contribution is 5.87. The molecular weight excluding hydrogens is 216 g/mol. The molecular formula is C12H16N4O. The van der Waals surface area contributed by atoms with Crippen molar-refractivity contribution >= 4 is 16.9 Å². The second-order valence-electron chi connectivity index (χ2n) is 4.65. The van der Waals surface area contributed by atoms with E-state index in [0.29, 0.717) is 11.8 Å². The molecule has 0 bridgehead atoms. The minimum Gasteiger partial charge on any atom is -0.367 e. The van der Waals surface area contributed by atoms with Crippen LogP contribution in [0.4, 0.5) is 5.82 Å². The van der Waals surface area contributed by atoms with Crippen LogP contribution in [-0.4, -0.2) is 21.2 Å². The summed E-state index contributed by atoms with van der Waals surface area (Å²) < 4.78 is 5.14. The summed E-state index contributed by atoms with van der Waals surface area (Å²) in [5.74, 6) is 0.862. The molecule has 1 aliphatic carbocycles. The van der Waals surface area contributed by atoms with Gasteiger partial charge >= 0.3 is 0 Å². The molecule has 2 aromatic rings. The highest BCUT2D eigenvalue weighted by Crippen LogP contribution is 2.26. The molecule has 0 aromatic carbocycles. The van der Waals surface area contributed by atoms with Crippen LogP contribution in [0.3, 0.4) is 0 Å². The molecule has 0 atom stereocenters. The molecule has 1 saturated carbocycles. The maximum absolute atomic E-state index is 5.14. The maximum Gasteiger partial charge on any atom is 0.263 e. The Morgan fingerprint density at radius 3 is 2.88 bits per heavy atom. The lowest BCUT2D eigenvalue weighted by atomic mass is 9.95. The zero-order valence-electron chi connectivity index (χ0n) is 9.94. The third kappa shape index (κ3) is 1.97. The Bertz CT molecular complexity index is 516. The smallest absolute Gasteiger partial charge is 0.263 e.